The minimum Gasteiger partial charge on any atom is -0.494 e. The molecule has 4 saturated heterocycles. The Morgan fingerprint density at radius 3 is 2.48 bits per heavy atom. The van der Waals surface area contributed by atoms with Crippen molar-refractivity contribution in [3.05, 3.63) is 42.0 Å². The molecule has 7 fully saturated rings. The molecular formula is C41H57O10Si. The molecule has 13 atom stereocenters. The van der Waals surface area contributed by atoms with Crippen molar-refractivity contribution < 1.29 is 47.5 Å². The highest BCUT2D eigenvalue weighted by atomic mass is 28.3. The fourth-order valence-electron chi connectivity index (χ4n) is 12.5. The van der Waals surface area contributed by atoms with Gasteiger partial charge in [0.05, 0.1) is 31.2 Å². The zero-order valence-electron chi connectivity index (χ0n) is 32.0. The van der Waals surface area contributed by atoms with Gasteiger partial charge < -0.3 is 38.0 Å². The minimum atomic E-state index is -1.56. The van der Waals surface area contributed by atoms with E-state index >= 15 is 0 Å². The van der Waals surface area contributed by atoms with Crippen molar-refractivity contribution in [2.75, 3.05) is 19.8 Å². The molecule has 11 heteroatoms. The lowest BCUT2D eigenvalue weighted by Gasteiger charge is -2.59. The number of benzene rings is 1. The highest BCUT2D eigenvalue weighted by molar-refractivity contribution is 6.48. The van der Waals surface area contributed by atoms with Crippen LogP contribution in [0.1, 0.15) is 73.6 Å². The predicted octanol–water partition coefficient (Wildman–Crippen LogP) is 6.85. The molecule has 3 saturated carbocycles. The van der Waals surface area contributed by atoms with Gasteiger partial charge in [0.1, 0.15) is 29.7 Å². The average Bonchev–Trinajstić information content (AvgIpc) is 3.77. The number of carbonyl (C=O) groups is 2. The lowest BCUT2D eigenvalue weighted by Crippen LogP contribution is -2.66. The summed E-state index contributed by atoms with van der Waals surface area (Å²) in [6.45, 7) is 17.8. The highest BCUT2D eigenvalue weighted by Crippen LogP contribution is 2.83. The number of rotatable bonds is 14. The van der Waals surface area contributed by atoms with Gasteiger partial charge in [0.2, 0.25) is 9.04 Å². The fourth-order valence-corrected chi connectivity index (χ4v) is 13.3. The van der Waals surface area contributed by atoms with Gasteiger partial charge in [0, 0.05) is 11.8 Å². The molecule has 10 nitrogen and oxygen atoms in total. The molecule has 4 aliphatic heterocycles. The van der Waals surface area contributed by atoms with Gasteiger partial charge in [-0.2, -0.15) is 0 Å². The van der Waals surface area contributed by atoms with Crippen molar-refractivity contribution in [2.24, 2.45) is 57.2 Å². The van der Waals surface area contributed by atoms with Gasteiger partial charge >= 0.3 is 11.9 Å². The second kappa shape index (κ2) is 12.4. The number of hydrogen-bond acceptors (Lipinski definition) is 9. The van der Waals surface area contributed by atoms with E-state index in [2.05, 4.69) is 47.6 Å². The Kier molecular flexibility index (Phi) is 8.82. The van der Waals surface area contributed by atoms with Crippen LogP contribution in [0.2, 0.25) is 13.1 Å². The predicted molar refractivity (Wildman–Crippen MR) is 192 cm³/mol. The molecule has 1 radical (unpaired) electrons. The maximum Gasteiger partial charge on any atom is 0.315 e. The van der Waals surface area contributed by atoms with Gasteiger partial charge in [-0.1, -0.05) is 77.8 Å². The smallest absolute Gasteiger partial charge is 0.315 e. The molecule has 1 N–H and O–H groups in total. The third-order valence-electron chi connectivity index (χ3n) is 14.1. The van der Waals surface area contributed by atoms with E-state index in [0.717, 1.165) is 30.5 Å². The third kappa shape index (κ3) is 4.81. The van der Waals surface area contributed by atoms with E-state index in [1.54, 1.807) is 0 Å². The summed E-state index contributed by atoms with van der Waals surface area (Å²) in [4.78, 5) is 27.7. The first-order valence-electron chi connectivity index (χ1n) is 19.5. The molecule has 9 rings (SSSR count). The van der Waals surface area contributed by atoms with Gasteiger partial charge in [-0.05, 0) is 79.5 Å². The van der Waals surface area contributed by atoms with Crippen LogP contribution >= 0.6 is 0 Å². The van der Waals surface area contributed by atoms with E-state index in [1.807, 2.05) is 43.4 Å². The lowest BCUT2D eigenvalue weighted by atomic mass is 9.43. The van der Waals surface area contributed by atoms with Gasteiger partial charge in [0.25, 0.3) is 5.97 Å². The lowest BCUT2D eigenvalue weighted by molar-refractivity contribution is -0.491. The topological polar surface area (TPSA) is 119 Å². The van der Waals surface area contributed by atoms with E-state index in [4.69, 9.17) is 32.8 Å². The van der Waals surface area contributed by atoms with Crippen molar-refractivity contribution >= 4 is 21.3 Å². The van der Waals surface area contributed by atoms with Crippen LogP contribution in [0.3, 0.4) is 0 Å². The molecule has 4 aliphatic carbocycles. The molecule has 0 spiro atoms. The summed E-state index contributed by atoms with van der Waals surface area (Å²) in [7, 11) is -1.35. The number of allylic oxidation sites excluding steroid dienone is 1. The number of fused-ring (bicyclic) bond motifs is 2. The summed E-state index contributed by atoms with van der Waals surface area (Å²) in [6.07, 6.45) is 5.40. The van der Waals surface area contributed by atoms with Crippen molar-refractivity contribution in [3.63, 3.8) is 0 Å². The van der Waals surface area contributed by atoms with E-state index in [0.29, 0.717) is 38.4 Å². The second-order valence-corrected chi connectivity index (χ2v) is 20.4. The Bertz CT molecular complexity index is 1590. The minimum absolute atomic E-state index is 0.0302. The first-order chi connectivity index (χ1) is 24.6. The molecule has 1 aromatic rings. The SMILES string of the molecule is CC(C)C1=CC2CC3(C=O)C4CCC(C)C4CC2(COC24OC5C(OCCCOc6ccccc6)C(OC5(O[Si](C)C)O2)C4C(C)(C)C)C13C(=O)O. The van der Waals surface area contributed by atoms with E-state index in [1.165, 1.54) is 0 Å². The summed E-state index contributed by atoms with van der Waals surface area (Å²) in [5.74, 6) is -3.04. The van der Waals surface area contributed by atoms with E-state index < -0.39 is 72.8 Å². The van der Waals surface area contributed by atoms with Crippen LogP contribution in [0.5, 0.6) is 5.75 Å². The molecule has 4 heterocycles. The van der Waals surface area contributed by atoms with E-state index in [9.17, 15) is 14.7 Å². The quantitative estimate of drug-likeness (QED) is 0.0941. The summed E-state index contributed by atoms with van der Waals surface area (Å²) in [6, 6.07) is 9.73. The Labute approximate surface area is 309 Å². The first kappa shape index (κ1) is 36.8. The third-order valence-corrected chi connectivity index (χ3v) is 14.8. The van der Waals surface area contributed by atoms with Gasteiger partial charge in [-0.3, -0.25) is 9.53 Å². The summed E-state index contributed by atoms with van der Waals surface area (Å²) in [5, 5.41) is 11.5. The number of hydrogen-bond donors (Lipinski definition) is 1. The molecule has 8 aliphatic rings. The van der Waals surface area contributed by atoms with Crippen LogP contribution in [0.15, 0.2) is 42.0 Å². The largest absolute Gasteiger partial charge is 0.494 e. The van der Waals surface area contributed by atoms with Crippen LogP contribution in [-0.2, 0) is 37.7 Å². The summed E-state index contributed by atoms with van der Waals surface area (Å²) in [5.41, 5.74) is -2.74. The number of ether oxygens (including phenoxy) is 6. The average molecular weight is 738 g/mol. The summed E-state index contributed by atoms with van der Waals surface area (Å²) < 4.78 is 46.8. The van der Waals surface area contributed by atoms with Crippen LogP contribution in [0, 0.1) is 57.2 Å². The maximum absolute atomic E-state index is 14.1. The first-order valence-corrected chi connectivity index (χ1v) is 21.9. The molecule has 1 aromatic carbocycles. The zero-order valence-corrected chi connectivity index (χ0v) is 33.0. The number of aldehydes is 1. The van der Waals surface area contributed by atoms with Crippen LogP contribution in [0.25, 0.3) is 0 Å². The number of carboxylic acid groups (broad SMARTS) is 1. The fraction of sp³-hybridized carbons (Fsp3) is 0.756. The van der Waals surface area contributed by atoms with Gasteiger partial charge in [-0.25, -0.2) is 0 Å². The van der Waals surface area contributed by atoms with Crippen molar-refractivity contribution in [3.8, 4) is 5.75 Å². The normalized spacial score (nSPS) is 45.2. The second-order valence-electron chi connectivity index (χ2n) is 18.4. The Morgan fingerprint density at radius 1 is 1.08 bits per heavy atom. The number of carbonyl (C=O) groups excluding carboxylic acids is 1. The maximum atomic E-state index is 14.1. The standard InChI is InChI=1S/C41H57O10Si/c1-24(2)30-19-26-20-37(22-42)29-16-15-25(3)28(29)21-38(26,39(30,37)35(43)44)23-47-40-33(36(4,5)6)31-32(34(49-40)41(48-31,50-40)51-52(7)8)46-18-12-17-45-27-13-10-9-11-14-27/h9-11,13-14,19,22,24-26,28-29,31-34H,12,15-18,20-21,23H2,1-8H3,(H,43,44). The van der Waals surface area contributed by atoms with Crippen LogP contribution in [-0.4, -0.2) is 76.5 Å². The Hall–Kier alpha value is -2.12. The summed E-state index contributed by atoms with van der Waals surface area (Å²) >= 11 is 0. The molecule has 0 aromatic heterocycles. The van der Waals surface area contributed by atoms with Crippen LogP contribution in [0.4, 0.5) is 0 Å². The zero-order chi connectivity index (χ0) is 37.1. The molecular weight excluding hydrogens is 681 g/mol. The molecule has 8 bridgehead atoms. The number of para-hydroxylation sites is 1. The van der Waals surface area contributed by atoms with Crippen molar-refractivity contribution in [1.82, 2.24) is 0 Å². The Morgan fingerprint density at radius 2 is 1.83 bits per heavy atom. The highest BCUT2D eigenvalue weighted by Gasteiger charge is 2.86. The van der Waals surface area contributed by atoms with Crippen LogP contribution < -0.4 is 4.74 Å². The van der Waals surface area contributed by atoms with Crippen molar-refractivity contribution in [2.45, 2.75) is 117 Å². The molecule has 285 valence electrons. The van der Waals surface area contributed by atoms with Crippen molar-refractivity contribution in [1.29, 1.82) is 0 Å². The monoisotopic (exact) mass is 737 g/mol. The number of carboxylic acids is 1. The molecule has 52 heavy (non-hydrogen) atoms. The Balaban J connectivity index is 1.12. The van der Waals surface area contributed by atoms with Gasteiger partial charge in [-0.15, -0.1) is 0 Å². The molecule has 13 unspecified atom stereocenters. The number of aliphatic carboxylic acids is 1. The molecule has 0 amide bonds. The van der Waals surface area contributed by atoms with Gasteiger partial charge in [0.15, 0.2) is 6.10 Å². The van der Waals surface area contributed by atoms with E-state index in [-0.39, 0.29) is 30.3 Å².